The number of nitrogens with one attached hydrogen (secondary N) is 1. The van der Waals surface area contributed by atoms with Crippen LogP contribution in [0.2, 0.25) is 0 Å². The number of para-hydroxylation sites is 1. The van der Waals surface area contributed by atoms with Crippen molar-refractivity contribution in [1.82, 2.24) is 5.32 Å². The highest BCUT2D eigenvalue weighted by molar-refractivity contribution is 5.94. The summed E-state index contributed by atoms with van der Waals surface area (Å²) in [5.74, 6) is -0.0344. The van der Waals surface area contributed by atoms with E-state index in [1.54, 1.807) is 31.4 Å². The van der Waals surface area contributed by atoms with Gasteiger partial charge in [-0.1, -0.05) is 30.3 Å². The van der Waals surface area contributed by atoms with Crippen molar-refractivity contribution >= 4 is 17.7 Å². The number of ketones is 1. The molecule has 0 radical (unpaired) electrons. The lowest BCUT2D eigenvalue weighted by atomic mass is 10.1. The van der Waals surface area contributed by atoms with Crippen molar-refractivity contribution in [2.75, 3.05) is 26.9 Å². The highest BCUT2D eigenvalue weighted by Gasteiger charge is 2.10. The molecular weight excluding hydrogens is 362 g/mol. The highest BCUT2D eigenvalue weighted by Crippen LogP contribution is 2.17. The molecule has 148 valence electrons. The molecule has 7 nitrogen and oxygen atoms in total. The smallest absolute Gasteiger partial charge is 0.344 e. The van der Waals surface area contributed by atoms with Gasteiger partial charge in [0.1, 0.15) is 11.5 Å². The standard InChI is InChI=1S/C21H23NO6/c1-15(23)17-7-5-8-18(12-17)27-14-21(25)28-13-20(24)22-11-10-16-6-3-4-9-19(16)26-2/h3-9,12H,10-11,13-14H2,1-2H3,(H,22,24). The lowest BCUT2D eigenvalue weighted by molar-refractivity contribution is -0.150. The van der Waals surface area contributed by atoms with Crippen LogP contribution in [0.15, 0.2) is 48.5 Å². The molecule has 0 aliphatic carbocycles. The third-order valence-corrected chi connectivity index (χ3v) is 3.87. The number of Topliss-reactive ketones (excluding diaryl/α,β-unsaturated/α-hetero) is 1. The zero-order valence-corrected chi connectivity index (χ0v) is 15.9. The van der Waals surface area contributed by atoms with Crippen LogP contribution in [0.3, 0.4) is 0 Å². The largest absolute Gasteiger partial charge is 0.496 e. The van der Waals surface area contributed by atoms with E-state index < -0.39 is 11.9 Å². The zero-order chi connectivity index (χ0) is 20.4. The van der Waals surface area contributed by atoms with Crippen LogP contribution in [-0.2, 0) is 20.7 Å². The van der Waals surface area contributed by atoms with Crippen molar-refractivity contribution in [2.45, 2.75) is 13.3 Å². The zero-order valence-electron chi connectivity index (χ0n) is 15.9. The highest BCUT2D eigenvalue weighted by atomic mass is 16.6. The van der Waals surface area contributed by atoms with E-state index in [0.29, 0.717) is 24.3 Å². The molecule has 0 saturated heterocycles. The Bertz CT molecular complexity index is 833. The van der Waals surface area contributed by atoms with Gasteiger partial charge in [0.15, 0.2) is 19.0 Å². The number of rotatable bonds is 10. The molecule has 1 N–H and O–H groups in total. The first-order chi connectivity index (χ1) is 13.5. The maximum Gasteiger partial charge on any atom is 0.344 e. The summed E-state index contributed by atoms with van der Waals surface area (Å²) in [7, 11) is 1.59. The minimum absolute atomic E-state index is 0.0992. The summed E-state index contributed by atoms with van der Waals surface area (Å²) in [6.07, 6.45) is 0.597. The molecule has 0 fully saturated rings. The topological polar surface area (TPSA) is 90.9 Å². The Morgan fingerprint density at radius 1 is 1.00 bits per heavy atom. The number of methoxy groups -OCH3 is 1. The SMILES string of the molecule is COc1ccccc1CCNC(=O)COC(=O)COc1cccc(C(C)=O)c1. The van der Waals surface area contributed by atoms with E-state index in [-0.39, 0.29) is 19.0 Å². The predicted octanol–water partition coefficient (Wildman–Crippen LogP) is 2.18. The van der Waals surface area contributed by atoms with Gasteiger partial charge in [-0.15, -0.1) is 0 Å². The molecule has 0 spiro atoms. The summed E-state index contributed by atoms with van der Waals surface area (Å²) < 4.78 is 15.4. The van der Waals surface area contributed by atoms with Crippen LogP contribution in [-0.4, -0.2) is 44.5 Å². The molecule has 0 aromatic heterocycles. The predicted molar refractivity (Wildman–Crippen MR) is 103 cm³/mol. The van der Waals surface area contributed by atoms with Crippen LogP contribution in [0, 0.1) is 0 Å². The molecule has 2 rings (SSSR count). The van der Waals surface area contributed by atoms with Crippen molar-refractivity contribution in [2.24, 2.45) is 0 Å². The molecule has 1 amide bonds. The van der Waals surface area contributed by atoms with Crippen molar-refractivity contribution in [3.05, 3.63) is 59.7 Å². The summed E-state index contributed by atoms with van der Waals surface area (Å²) in [5.41, 5.74) is 1.46. The maximum absolute atomic E-state index is 11.8. The minimum atomic E-state index is -0.673. The molecule has 0 unspecified atom stereocenters. The average molecular weight is 385 g/mol. The fraction of sp³-hybridized carbons (Fsp3) is 0.286. The Balaban J connectivity index is 1.67. The molecule has 2 aromatic rings. The number of hydrogen-bond acceptors (Lipinski definition) is 6. The van der Waals surface area contributed by atoms with Crippen LogP contribution in [0.25, 0.3) is 0 Å². The van der Waals surface area contributed by atoms with E-state index in [9.17, 15) is 14.4 Å². The molecule has 2 aromatic carbocycles. The minimum Gasteiger partial charge on any atom is -0.496 e. The van der Waals surface area contributed by atoms with Crippen LogP contribution >= 0.6 is 0 Å². The van der Waals surface area contributed by atoms with E-state index in [4.69, 9.17) is 14.2 Å². The van der Waals surface area contributed by atoms with Crippen LogP contribution < -0.4 is 14.8 Å². The first-order valence-corrected chi connectivity index (χ1v) is 8.77. The molecule has 0 saturated carbocycles. The molecule has 7 heteroatoms. The maximum atomic E-state index is 11.8. The second kappa shape index (κ2) is 10.7. The van der Waals surface area contributed by atoms with Gasteiger partial charge < -0.3 is 19.5 Å². The summed E-state index contributed by atoms with van der Waals surface area (Å²) in [5, 5.41) is 2.68. The third-order valence-electron chi connectivity index (χ3n) is 3.87. The van der Waals surface area contributed by atoms with Crippen LogP contribution in [0.1, 0.15) is 22.8 Å². The molecule has 0 atom stereocenters. The van der Waals surface area contributed by atoms with E-state index in [1.165, 1.54) is 6.92 Å². The summed E-state index contributed by atoms with van der Waals surface area (Å²) in [6, 6.07) is 14.0. The lowest BCUT2D eigenvalue weighted by Crippen LogP contribution is -2.31. The monoisotopic (exact) mass is 385 g/mol. The van der Waals surface area contributed by atoms with Crippen molar-refractivity contribution in [3.8, 4) is 11.5 Å². The van der Waals surface area contributed by atoms with Gasteiger partial charge in [0.2, 0.25) is 0 Å². The fourth-order valence-corrected chi connectivity index (χ4v) is 2.43. The molecular formula is C21H23NO6. The van der Waals surface area contributed by atoms with E-state index >= 15 is 0 Å². The summed E-state index contributed by atoms with van der Waals surface area (Å²) in [6.45, 7) is 1.10. The second-order valence-corrected chi connectivity index (χ2v) is 5.95. The Morgan fingerprint density at radius 3 is 2.54 bits per heavy atom. The number of carbonyl (C=O) groups is 3. The van der Waals surface area contributed by atoms with Gasteiger partial charge in [-0.05, 0) is 37.1 Å². The molecule has 0 bridgehead atoms. The van der Waals surface area contributed by atoms with Crippen molar-refractivity contribution in [3.63, 3.8) is 0 Å². The fourth-order valence-electron chi connectivity index (χ4n) is 2.43. The van der Waals surface area contributed by atoms with Crippen LogP contribution in [0.4, 0.5) is 0 Å². The molecule has 0 heterocycles. The number of ether oxygens (including phenoxy) is 3. The van der Waals surface area contributed by atoms with Gasteiger partial charge >= 0.3 is 5.97 Å². The lowest BCUT2D eigenvalue weighted by Gasteiger charge is -2.10. The number of carbonyl (C=O) groups excluding carboxylic acids is 3. The Kier molecular flexibility index (Phi) is 8.02. The number of amides is 1. The van der Waals surface area contributed by atoms with E-state index in [2.05, 4.69) is 5.32 Å². The average Bonchev–Trinajstić information content (AvgIpc) is 2.71. The van der Waals surface area contributed by atoms with Gasteiger partial charge in [-0.2, -0.15) is 0 Å². The molecule has 0 aliphatic heterocycles. The Morgan fingerprint density at radius 2 is 1.79 bits per heavy atom. The normalized spacial score (nSPS) is 10.1. The van der Waals surface area contributed by atoms with E-state index in [0.717, 1.165) is 11.3 Å². The Labute approximate surface area is 163 Å². The van der Waals surface area contributed by atoms with E-state index in [1.807, 2.05) is 24.3 Å². The second-order valence-electron chi connectivity index (χ2n) is 5.95. The third kappa shape index (κ3) is 6.75. The van der Waals surface area contributed by atoms with Gasteiger partial charge in [0.25, 0.3) is 5.91 Å². The van der Waals surface area contributed by atoms with Crippen LogP contribution in [0.5, 0.6) is 11.5 Å². The van der Waals surface area contributed by atoms with Gasteiger partial charge in [-0.25, -0.2) is 4.79 Å². The quantitative estimate of drug-likeness (QED) is 0.498. The van der Waals surface area contributed by atoms with Gasteiger partial charge in [0, 0.05) is 12.1 Å². The molecule has 28 heavy (non-hydrogen) atoms. The summed E-state index contributed by atoms with van der Waals surface area (Å²) in [4.78, 5) is 34.8. The first kappa shape index (κ1) is 21.0. The van der Waals surface area contributed by atoms with Crippen molar-refractivity contribution in [1.29, 1.82) is 0 Å². The van der Waals surface area contributed by atoms with Gasteiger partial charge in [0.05, 0.1) is 7.11 Å². The number of esters is 1. The molecule has 0 aliphatic rings. The summed E-state index contributed by atoms with van der Waals surface area (Å²) >= 11 is 0. The Hall–Kier alpha value is -3.35. The number of benzene rings is 2. The number of hydrogen-bond donors (Lipinski definition) is 1. The van der Waals surface area contributed by atoms with Gasteiger partial charge in [-0.3, -0.25) is 9.59 Å². The first-order valence-electron chi connectivity index (χ1n) is 8.77. The van der Waals surface area contributed by atoms with Crippen molar-refractivity contribution < 1.29 is 28.6 Å².